The molecule has 0 unspecified atom stereocenters. The third kappa shape index (κ3) is 3.13. The Morgan fingerprint density at radius 1 is 1.29 bits per heavy atom. The zero-order valence-electron chi connectivity index (χ0n) is 9.46. The smallest absolute Gasteiger partial charge is 0.243 e. The summed E-state index contributed by atoms with van der Waals surface area (Å²) < 4.78 is 26.3. The first-order chi connectivity index (χ1) is 8.08. The monoisotopic (exact) mass is 256 g/mol. The van der Waals surface area contributed by atoms with E-state index in [-0.39, 0.29) is 10.8 Å². The topological polar surface area (TPSA) is 98.0 Å². The fourth-order valence-electron chi connectivity index (χ4n) is 1.99. The van der Waals surface area contributed by atoms with E-state index < -0.39 is 10.0 Å². The third-order valence-corrected chi connectivity index (χ3v) is 4.37. The molecule has 7 heteroatoms. The number of nitrogens with two attached hydrogens (primary N) is 1. The molecule has 0 aliphatic heterocycles. The Kier molecular flexibility index (Phi) is 3.58. The number of rotatable bonds is 4. The number of anilines is 1. The molecule has 1 aromatic heterocycles. The molecule has 1 aliphatic rings. The Balaban J connectivity index is 2.00. The van der Waals surface area contributed by atoms with Crippen LogP contribution < -0.4 is 10.5 Å². The van der Waals surface area contributed by atoms with Crippen LogP contribution in [0.25, 0.3) is 0 Å². The molecule has 0 aromatic carbocycles. The van der Waals surface area contributed by atoms with Crippen molar-refractivity contribution in [3.8, 4) is 0 Å². The van der Waals surface area contributed by atoms with Gasteiger partial charge in [-0.2, -0.15) is 0 Å². The van der Waals surface area contributed by atoms with Gasteiger partial charge in [0.25, 0.3) is 0 Å². The molecule has 0 saturated heterocycles. The SMILES string of the molecule is Nc1ncc(S(=O)(=O)NCC2CCCC2)cn1. The lowest BCUT2D eigenvalue weighted by Gasteiger charge is -2.10. The molecule has 6 nitrogen and oxygen atoms in total. The highest BCUT2D eigenvalue weighted by Gasteiger charge is 2.20. The predicted molar refractivity (Wildman–Crippen MR) is 63.6 cm³/mol. The van der Waals surface area contributed by atoms with Gasteiger partial charge in [-0.1, -0.05) is 12.8 Å². The van der Waals surface area contributed by atoms with Crippen LogP contribution in [0.2, 0.25) is 0 Å². The molecule has 3 N–H and O–H groups in total. The van der Waals surface area contributed by atoms with Crippen LogP contribution in [0.15, 0.2) is 17.3 Å². The van der Waals surface area contributed by atoms with Crippen molar-refractivity contribution in [3.63, 3.8) is 0 Å². The minimum atomic E-state index is -3.50. The zero-order chi connectivity index (χ0) is 12.3. The molecule has 0 bridgehead atoms. The molecule has 1 aromatic rings. The largest absolute Gasteiger partial charge is 0.368 e. The van der Waals surface area contributed by atoms with Crippen LogP contribution in [-0.2, 0) is 10.0 Å². The van der Waals surface area contributed by atoms with Gasteiger partial charge in [-0.15, -0.1) is 0 Å². The average molecular weight is 256 g/mol. The molecule has 2 rings (SSSR count). The van der Waals surface area contributed by atoms with E-state index in [2.05, 4.69) is 14.7 Å². The molecule has 0 atom stereocenters. The fraction of sp³-hybridized carbons (Fsp3) is 0.600. The number of hydrogen-bond acceptors (Lipinski definition) is 5. The minimum absolute atomic E-state index is 0.0599. The minimum Gasteiger partial charge on any atom is -0.368 e. The quantitative estimate of drug-likeness (QED) is 0.818. The van der Waals surface area contributed by atoms with Crippen LogP contribution >= 0.6 is 0 Å². The van der Waals surface area contributed by atoms with Crippen molar-refractivity contribution in [1.82, 2.24) is 14.7 Å². The summed E-state index contributed by atoms with van der Waals surface area (Å²) in [4.78, 5) is 7.41. The highest BCUT2D eigenvalue weighted by molar-refractivity contribution is 7.89. The van der Waals surface area contributed by atoms with E-state index in [0.29, 0.717) is 12.5 Å². The summed E-state index contributed by atoms with van der Waals surface area (Å²) in [5.41, 5.74) is 5.31. The van der Waals surface area contributed by atoms with E-state index >= 15 is 0 Å². The third-order valence-electron chi connectivity index (χ3n) is 3.00. The summed E-state index contributed by atoms with van der Waals surface area (Å²) in [7, 11) is -3.50. The second kappa shape index (κ2) is 4.97. The maximum absolute atomic E-state index is 11.9. The van der Waals surface area contributed by atoms with Crippen molar-refractivity contribution < 1.29 is 8.42 Å². The zero-order valence-corrected chi connectivity index (χ0v) is 10.3. The highest BCUT2D eigenvalue weighted by Crippen LogP contribution is 2.24. The van der Waals surface area contributed by atoms with Crippen LogP contribution in [-0.4, -0.2) is 24.9 Å². The summed E-state index contributed by atoms with van der Waals surface area (Å²) in [5, 5.41) is 0. The normalized spacial score (nSPS) is 17.4. The highest BCUT2D eigenvalue weighted by atomic mass is 32.2. The van der Waals surface area contributed by atoms with Gasteiger partial charge in [0.05, 0.1) is 12.4 Å². The van der Waals surface area contributed by atoms with Crippen LogP contribution in [0.3, 0.4) is 0 Å². The van der Waals surface area contributed by atoms with Crippen molar-refractivity contribution in [2.45, 2.75) is 30.6 Å². The van der Waals surface area contributed by atoms with E-state index in [1.54, 1.807) is 0 Å². The second-order valence-corrected chi connectivity index (χ2v) is 6.05. The summed E-state index contributed by atoms with van der Waals surface area (Å²) in [6.45, 7) is 0.493. The number of sulfonamides is 1. The van der Waals surface area contributed by atoms with Gasteiger partial charge in [-0.3, -0.25) is 0 Å². The molecule has 1 fully saturated rings. The van der Waals surface area contributed by atoms with Crippen molar-refractivity contribution in [2.75, 3.05) is 12.3 Å². The fourth-order valence-corrected chi connectivity index (χ4v) is 3.00. The summed E-state index contributed by atoms with van der Waals surface area (Å²) in [5.74, 6) is 0.527. The van der Waals surface area contributed by atoms with E-state index in [0.717, 1.165) is 12.8 Å². The van der Waals surface area contributed by atoms with E-state index in [4.69, 9.17) is 5.73 Å². The van der Waals surface area contributed by atoms with Gasteiger partial charge in [0, 0.05) is 6.54 Å². The van der Waals surface area contributed by atoms with Gasteiger partial charge < -0.3 is 5.73 Å². The maximum Gasteiger partial charge on any atom is 0.243 e. The van der Waals surface area contributed by atoms with E-state index in [1.165, 1.54) is 25.2 Å². The molecular weight excluding hydrogens is 240 g/mol. The maximum atomic E-state index is 11.9. The van der Waals surface area contributed by atoms with Crippen LogP contribution in [0.4, 0.5) is 5.95 Å². The lowest BCUT2D eigenvalue weighted by molar-refractivity contribution is 0.519. The first kappa shape index (κ1) is 12.3. The standard InChI is InChI=1S/C10H16N4O2S/c11-10-12-6-9(7-13-10)17(15,16)14-5-8-3-1-2-4-8/h6-8,14H,1-5H2,(H2,11,12,13). The first-order valence-electron chi connectivity index (χ1n) is 5.65. The van der Waals surface area contributed by atoms with Gasteiger partial charge >= 0.3 is 0 Å². The van der Waals surface area contributed by atoms with E-state index in [9.17, 15) is 8.42 Å². The Morgan fingerprint density at radius 3 is 2.47 bits per heavy atom. The summed E-state index contributed by atoms with van der Waals surface area (Å²) in [6.07, 6.45) is 7.02. The van der Waals surface area contributed by atoms with Crippen LogP contribution in [0.1, 0.15) is 25.7 Å². The summed E-state index contributed by atoms with van der Waals surface area (Å²) >= 11 is 0. The van der Waals surface area contributed by atoms with E-state index in [1.807, 2.05) is 0 Å². The molecular formula is C10H16N4O2S. The van der Waals surface area contributed by atoms with Gasteiger partial charge in [-0.25, -0.2) is 23.1 Å². The number of hydrogen-bond donors (Lipinski definition) is 2. The molecule has 1 aliphatic carbocycles. The molecule has 1 saturated carbocycles. The Bertz CT molecular complexity index is 466. The summed E-state index contributed by atoms with van der Waals surface area (Å²) in [6, 6.07) is 0. The number of nitrogen functional groups attached to an aromatic ring is 1. The van der Waals surface area contributed by atoms with Crippen LogP contribution in [0.5, 0.6) is 0 Å². The first-order valence-corrected chi connectivity index (χ1v) is 7.13. The number of nitrogens with zero attached hydrogens (tertiary/aromatic N) is 2. The van der Waals surface area contributed by atoms with Crippen molar-refractivity contribution >= 4 is 16.0 Å². The molecule has 0 spiro atoms. The lowest BCUT2D eigenvalue weighted by atomic mass is 10.1. The number of aromatic nitrogens is 2. The molecule has 1 heterocycles. The van der Waals surface area contributed by atoms with Crippen LogP contribution in [0, 0.1) is 5.92 Å². The molecule has 94 valence electrons. The Hall–Kier alpha value is -1.21. The van der Waals surface area contributed by atoms with Gasteiger partial charge in [0.15, 0.2) is 0 Å². The average Bonchev–Trinajstić information content (AvgIpc) is 2.80. The molecule has 0 amide bonds. The number of nitrogens with one attached hydrogen (secondary N) is 1. The molecule has 17 heavy (non-hydrogen) atoms. The van der Waals surface area contributed by atoms with Crippen molar-refractivity contribution in [1.29, 1.82) is 0 Å². The van der Waals surface area contributed by atoms with Gasteiger partial charge in [0.1, 0.15) is 4.90 Å². The lowest BCUT2D eigenvalue weighted by Crippen LogP contribution is -2.28. The Morgan fingerprint density at radius 2 is 1.88 bits per heavy atom. The predicted octanol–water partition coefficient (Wildman–Crippen LogP) is 0.527. The van der Waals surface area contributed by atoms with Gasteiger partial charge in [0.2, 0.25) is 16.0 Å². The van der Waals surface area contributed by atoms with Crippen molar-refractivity contribution in [2.24, 2.45) is 5.92 Å². The molecule has 0 radical (unpaired) electrons. The second-order valence-electron chi connectivity index (χ2n) is 4.28. The van der Waals surface area contributed by atoms with Crippen molar-refractivity contribution in [3.05, 3.63) is 12.4 Å². The van der Waals surface area contributed by atoms with Gasteiger partial charge in [-0.05, 0) is 18.8 Å². The Labute approximate surface area is 101 Å².